The van der Waals surface area contributed by atoms with Gasteiger partial charge in [0.1, 0.15) is 0 Å². The maximum absolute atomic E-state index is 5.82. The van der Waals surface area contributed by atoms with Crippen molar-refractivity contribution in [3.63, 3.8) is 0 Å². The molecule has 4 heteroatoms. The van der Waals surface area contributed by atoms with E-state index in [4.69, 9.17) is 5.73 Å². The predicted molar refractivity (Wildman–Crippen MR) is 76.4 cm³/mol. The molecular weight excluding hydrogens is 236 g/mol. The second-order valence-corrected chi connectivity index (χ2v) is 5.77. The summed E-state index contributed by atoms with van der Waals surface area (Å²) in [6.45, 7) is 8.62. The first-order chi connectivity index (χ1) is 7.81. The molecule has 92 valence electrons. The molecule has 0 aliphatic rings. The van der Waals surface area contributed by atoms with Gasteiger partial charge in [-0.1, -0.05) is 13.8 Å². The highest BCUT2D eigenvalue weighted by Crippen LogP contribution is 2.29. The summed E-state index contributed by atoms with van der Waals surface area (Å²) in [5.41, 5.74) is 7.20. The van der Waals surface area contributed by atoms with Gasteiger partial charge in [0.05, 0.1) is 0 Å². The Labute approximate surface area is 107 Å². The molecule has 1 aromatic rings. The van der Waals surface area contributed by atoms with Crippen LogP contribution in [0.4, 0.5) is 0 Å². The molecule has 0 fully saturated rings. The molecule has 16 heavy (non-hydrogen) atoms. The largest absolute Gasteiger partial charge is 0.329 e. The Morgan fingerprint density at radius 3 is 2.69 bits per heavy atom. The lowest BCUT2D eigenvalue weighted by molar-refractivity contribution is 0.324. The zero-order valence-electron chi connectivity index (χ0n) is 10.2. The normalized spacial score (nSPS) is 13.2. The van der Waals surface area contributed by atoms with Gasteiger partial charge in [0.25, 0.3) is 0 Å². The first-order valence-electron chi connectivity index (χ1n) is 5.87. The first kappa shape index (κ1) is 14.0. The number of thiophene rings is 1. The number of nitrogens with two attached hydrogens (primary N) is 1. The maximum Gasteiger partial charge on any atom is 0.0428 e. The van der Waals surface area contributed by atoms with E-state index in [9.17, 15) is 0 Å². The summed E-state index contributed by atoms with van der Waals surface area (Å²) in [4.78, 5) is 2.45. The Morgan fingerprint density at radius 2 is 2.19 bits per heavy atom. The smallest absolute Gasteiger partial charge is 0.0428 e. The van der Waals surface area contributed by atoms with Gasteiger partial charge in [-0.2, -0.15) is 23.1 Å². The molecule has 0 aliphatic carbocycles. The van der Waals surface area contributed by atoms with E-state index in [-0.39, 0.29) is 0 Å². The van der Waals surface area contributed by atoms with Crippen LogP contribution in [0.3, 0.4) is 0 Å². The zero-order valence-corrected chi connectivity index (χ0v) is 11.8. The van der Waals surface area contributed by atoms with Gasteiger partial charge in [0, 0.05) is 24.1 Å². The molecule has 1 rings (SSSR count). The topological polar surface area (TPSA) is 29.3 Å². The quantitative estimate of drug-likeness (QED) is 0.777. The van der Waals surface area contributed by atoms with Crippen LogP contribution in [-0.4, -0.2) is 36.8 Å². The molecule has 0 bridgehead atoms. The highest BCUT2D eigenvalue weighted by molar-refractivity contribution is 7.99. The SMILES string of the molecule is CCN(CC)CCSC(CN)c1ccsc1. The second kappa shape index (κ2) is 8.12. The van der Waals surface area contributed by atoms with E-state index in [1.807, 2.05) is 11.8 Å². The van der Waals surface area contributed by atoms with E-state index < -0.39 is 0 Å². The van der Waals surface area contributed by atoms with Crippen LogP contribution in [0.5, 0.6) is 0 Å². The van der Waals surface area contributed by atoms with Crippen LogP contribution < -0.4 is 5.73 Å². The summed E-state index contributed by atoms with van der Waals surface area (Å²) in [5, 5.41) is 4.81. The Balaban J connectivity index is 2.30. The van der Waals surface area contributed by atoms with Crippen molar-refractivity contribution < 1.29 is 0 Å². The standard InChI is InChI=1S/C12H22N2S2/c1-3-14(4-2)6-8-16-12(9-13)11-5-7-15-10-11/h5,7,10,12H,3-4,6,8-9,13H2,1-2H3. The van der Waals surface area contributed by atoms with Crippen LogP contribution in [0.15, 0.2) is 16.8 Å². The Morgan fingerprint density at radius 1 is 1.44 bits per heavy atom. The zero-order chi connectivity index (χ0) is 11.8. The fourth-order valence-corrected chi connectivity index (χ4v) is 3.55. The highest BCUT2D eigenvalue weighted by Gasteiger charge is 2.10. The van der Waals surface area contributed by atoms with Crippen molar-refractivity contribution in [1.29, 1.82) is 0 Å². The summed E-state index contributed by atoms with van der Waals surface area (Å²) in [6, 6.07) is 2.19. The van der Waals surface area contributed by atoms with Crippen LogP contribution in [0.1, 0.15) is 24.7 Å². The van der Waals surface area contributed by atoms with Crippen molar-refractivity contribution in [3.8, 4) is 0 Å². The van der Waals surface area contributed by atoms with Crippen molar-refractivity contribution in [3.05, 3.63) is 22.4 Å². The molecule has 0 saturated carbocycles. The predicted octanol–water partition coefficient (Wildman–Crippen LogP) is 2.82. The van der Waals surface area contributed by atoms with Gasteiger partial charge in [-0.25, -0.2) is 0 Å². The van der Waals surface area contributed by atoms with Gasteiger partial charge in [-0.15, -0.1) is 0 Å². The third-order valence-electron chi connectivity index (χ3n) is 2.75. The van der Waals surface area contributed by atoms with Gasteiger partial charge in [0.2, 0.25) is 0 Å². The summed E-state index contributed by atoms with van der Waals surface area (Å²) < 4.78 is 0. The first-order valence-corrected chi connectivity index (χ1v) is 7.87. The Kier molecular flexibility index (Phi) is 7.12. The van der Waals surface area contributed by atoms with Crippen molar-refractivity contribution >= 4 is 23.1 Å². The number of nitrogens with zero attached hydrogens (tertiary/aromatic N) is 1. The molecule has 0 aliphatic heterocycles. The average molecular weight is 258 g/mol. The summed E-state index contributed by atoms with van der Waals surface area (Å²) in [7, 11) is 0. The number of thioether (sulfide) groups is 1. The molecule has 2 N–H and O–H groups in total. The molecule has 0 amide bonds. The lowest BCUT2D eigenvalue weighted by Crippen LogP contribution is -2.25. The van der Waals surface area contributed by atoms with E-state index in [1.54, 1.807) is 11.3 Å². The molecule has 0 spiro atoms. The molecule has 1 aromatic heterocycles. The number of hydrogen-bond donors (Lipinski definition) is 1. The van der Waals surface area contributed by atoms with Gasteiger partial charge in [0.15, 0.2) is 0 Å². The number of hydrogen-bond acceptors (Lipinski definition) is 4. The summed E-state index contributed by atoms with van der Waals surface area (Å²) >= 11 is 3.73. The van der Waals surface area contributed by atoms with Crippen LogP contribution in [0.25, 0.3) is 0 Å². The lowest BCUT2D eigenvalue weighted by atomic mass is 10.2. The molecular formula is C12H22N2S2. The minimum Gasteiger partial charge on any atom is -0.329 e. The average Bonchev–Trinajstić information content (AvgIpc) is 2.83. The maximum atomic E-state index is 5.82. The van der Waals surface area contributed by atoms with Gasteiger partial charge in [-0.05, 0) is 35.5 Å². The van der Waals surface area contributed by atoms with Crippen LogP contribution in [-0.2, 0) is 0 Å². The molecule has 1 unspecified atom stereocenters. The Bertz CT molecular complexity index is 258. The minimum absolute atomic E-state index is 0.474. The molecule has 0 aromatic carbocycles. The fraction of sp³-hybridized carbons (Fsp3) is 0.667. The summed E-state index contributed by atoms with van der Waals surface area (Å²) in [5.74, 6) is 1.17. The third-order valence-corrected chi connectivity index (χ3v) is 4.74. The van der Waals surface area contributed by atoms with Crippen molar-refractivity contribution in [2.24, 2.45) is 5.73 Å². The van der Waals surface area contributed by atoms with E-state index >= 15 is 0 Å². The van der Waals surface area contributed by atoms with Crippen LogP contribution in [0.2, 0.25) is 0 Å². The van der Waals surface area contributed by atoms with E-state index in [0.717, 1.165) is 26.2 Å². The third kappa shape index (κ3) is 4.45. The minimum atomic E-state index is 0.474. The monoisotopic (exact) mass is 258 g/mol. The van der Waals surface area contributed by atoms with E-state index in [2.05, 4.69) is 35.6 Å². The number of rotatable bonds is 8. The lowest BCUT2D eigenvalue weighted by Gasteiger charge is -2.19. The molecule has 1 heterocycles. The molecule has 2 nitrogen and oxygen atoms in total. The summed E-state index contributed by atoms with van der Waals surface area (Å²) in [6.07, 6.45) is 0. The van der Waals surface area contributed by atoms with Crippen molar-refractivity contribution in [2.45, 2.75) is 19.1 Å². The van der Waals surface area contributed by atoms with Gasteiger partial charge in [-0.3, -0.25) is 0 Å². The van der Waals surface area contributed by atoms with Crippen LogP contribution in [0, 0.1) is 0 Å². The van der Waals surface area contributed by atoms with E-state index in [1.165, 1.54) is 11.3 Å². The molecule has 0 saturated heterocycles. The highest BCUT2D eigenvalue weighted by atomic mass is 32.2. The van der Waals surface area contributed by atoms with Gasteiger partial charge >= 0.3 is 0 Å². The van der Waals surface area contributed by atoms with Crippen LogP contribution >= 0.6 is 23.1 Å². The molecule has 1 atom stereocenters. The second-order valence-electron chi connectivity index (χ2n) is 3.68. The fourth-order valence-electron chi connectivity index (χ4n) is 1.62. The Hall–Kier alpha value is -0.0300. The van der Waals surface area contributed by atoms with E-state index in [0.29, 0.717) is 5.25 Å². The van der Waals surface area contributed by atoms with Crippen molar-refractivity contribution in [1.82, 2.24) is 4.90 Å². The molecule has 0 radical (unpaired) electrons. The van der Waals surface area contributed by atoms with Crippen molar-refractivity contribution in [2.75, 3.05) is 31.9 Å². The van der Waals surface area contributed by atoms with Gasteiger partial charge < -0.3 is 10.6 Å².